The molecule has 35 heavy (non-hydrogen) atoms. The fourth-order valence-corrected chi connectivity index (χ4v) is 3.63. The number of non-ortho nitro benzene ring substituents is 1. The molecule has 0 aliphatic carbocycles. The Hall–Kier alpha value is -3.21. The fraction of sp³-hybridized carbons (Fsp3) is 0.250. The average molecular weight is 513 g/mol. The summed E-state index contributed by atoms with van der Waals surface area (Å²) in [6.07, 6.45) is -5.45. The molecule has 0 heterocycles. The van der Waals surface area contributed by atoms with Crippen LogP contribution in [0, 0.1) is 15.9 Å². The van der Waals surface area contributed by atoms with Gasteiger partial charge in [-0.25, -0.2) is 4.39 Å². The number of benzene rings is 3. The normalized spacial score (nSPS) is 12.6. The van der Waals surface area contributed by atoms with Crippen molar-refractivity contribution in [3.8, 4) is 16.9 Å². The largest absolute Gasteiger partial charge is 0.488 e. The van der Waals surface area contributed by atoms with E-state index in [2.05, 4.69) is 0 Å². The second-order valence-corrected chi connectivity index (χ2v) is 8.33. The van der Waals surface area contributed by atoms with Crippen molar-refractivity contribution in [3.05, 3.63) is 92.7 Å². The summed E-state index contributed by atoms with van der Waals surface area (Å²) in [4.78, 5) is 11.7. The Morgan fingerprint density at radius 2 is 1.80 bits per heavy atom. The standard InChI is InChI=1S/C24H21ClF4N2O4/c1-30(13-19(32)14-35-23-9-7-18(31(33)34)11-22(23)26)12-15-2-4-16(5-3-15)20-10-17(24(27,28)29)6-8-21(20)25/h2-11,19,32H,12-14H2,1H3. The lowest BCUT2D eigenvalue weighted by molar-refractivity contribution is -0.385. The van der Waals surface area contributed by atoms with Crippen molar-refractivity contribution < 1.29 is 32.3 Å². The zero-order chi connectivity index (χ0) is 25.8. The molecule has 3 aromatic carbocycles. The van der Waals surface area contributed by atoms with Crippen molar-refractivity contribution >= 4 is 17.3 Å². The lowest BCUT2D eigenvalue weighted by Crippen LogP contribution is -2.32. The van der Waals surface area contributed by atoms with Crippen molar-refractivity contribution in [2.24, 2.45) is 0 Å². The van der Waals surface area contributed by atoms with E-state index >= 15 is 0 Å². The summed E-state index contributed by atoms with van der Waals surface area (Å²) in [7, 11) is 1.74. The quantitative estimate of drug-likeness (QED) is 0.218. The maximum atomic E-state index is 13.9. The average Bonchev–Trinajstić information content (AvgIpc) is 2.78. The molecule has 11 heteroatoms. The van der Waals surface area contributed by atoms with Crippen molar-refractivity contribution in [3.63, 3.8) is 0 Å². The molecule has 0 aliphatic heterocycles. The van der Waals surface area contributed by atoms with Gasteiger partial charge in [0.05, 0.1) is 16.6 Å². The molecular formula is C24H21ClF4N2O4. The Labute approximate surface area is 203 Å². The smallest absolute Gasteiger partial charge is 0.416 e. The van der Waals surface area contributed by atoms with Gasteiger partial charge in [0.2, 0.25) is 0 Å². The number of rotatable bonds is 9. The SMILES string of the molecule is CN(Cc1ccc(-c2cc(C(F)(F)F)ccc2Cl)cc1)CC(O)COc1ccc([N+](=O)[O-])cc1F. The molecule has 1 N–H and O–H groups in total. The Balaban J connectivity index is 1.56. The molecule has 3 rings (SSSR count). The lowest BCUT2D eigenvalue weighted by atomic mass is 10.0. The highest BCUT2D eigenvalue weighted by Gasteiger charge is 2.31. The number of nitro benzene ring substituents is 1. The number of hydrogen-bond acceptors (Lipinski definition) is 5. The summed E-state index contributed by atoms with van der Waals surface area (Å²) in [6, 6.07) is 13.0. The second-order valence-electron chi connectivity index (χ2n) is 7.92. The topological polar surface area (TPSA) is 75.8 Å². The van der Waals surface area contributed by atoms with Crippen molar-refractivity contribution in [1.29, 1.82) is 0 Å². The zero-order valence-corrected chi connectivity index (χ0v) is 19.2. The number of hydrogen-bond donors (Lipinski definition) is 1. The Morgan fingerprint density at radius 3 is 2.40 bits per heavy atom. The maximum Gasteiger partial charge on any atom is 0.416 e. The van der Waals surface area contributed by atoms with Crippen LogP contribution in [0.25, 0.3) is 11.1 Å². The van der Waals surface area contributed by atoms with Gasteiger partial charge in [-0.3, -0.25) is 15.0 Å². The number of aliphatic hydroxyl groups is 1. The summed E-state index contributed by atoms with van der Waals surface area (Å²) in [6.45, 7) is 0.363. The summed E-state index contributed by atoms with van der Waals surface area (Å²) >= 11 is 6.10. The first-order valence-electron chi connectivity index (χ1n) is 10.3. The van der Waals surface area contributed by atoms with E-state index in [-0.39, 0.29) is 29.5 Å². The third-order valence-corrected chi connectivity index (χ3v) is 5.42. The minimum atomic E-state index is -4.48. The number of aliphatic hydroxyl groups excluding tert-OH is 1. The van der Waals surface area contributed by atoms with E-state index in [1.807, 2.05) is 0 Å². The summed E-state index contributed by atoms with van der Waals surface area (Å²) in [5.41, 5.74) is 0.453. The van der Waals surface area contributed by atoms with Crippen LogP contribution in [0.3, 0.4) is 0 Å². The first-order chi connectivity index (χ1) is 16.4. The van der Waals surface area contributed by atoms with Crippen LogP contribution in [0.15, 0.2) is 60.7 Å². The first kappa shape index (κ1) is 26.4. The van der Waals surface area contributed by atoms with Crippen molar-refractivity contribution in [2.45, 2.75) is 18.8 Å². The molecule has 1 unspecified atom stereocenters. The molecule has 186 valence electrons. The molecular weight excluding hydrogens is 492 g/mol. The van der Waals surface area contributed by atoms with Crippen LogP contribution in [-0.2, 0) is 12.7 Å². The molecule has 3 aromatic rings. The number of ether oxygens (including phenoxy) is 1. The Kier molecular flexibility index (Phi) is 8.31. The fourth-order valence-electron chi connectivity index (χ4n) is 3.41. The number of alkyl halides is 3. The van der Waals surface area contributed by atoms with E-state index in [4.69, 9.17) is 16.3 Å². The minimum Gasteiger partial charge on any atom is -0.488 e. The van der Waals surface area contributed by atoms with Gasteiger partial charge in [0.1, 0.15) is 12.7 Å². The Bertz CT molecular complexity index is 1190. The first-order valence-corrected chi connectivity index (χ1v) is 10.7. The molecule has 0 saturated carbocycles. The van der Waals surface area contributed by atoms with Crippen LogP contribution in [0.5, 0.6) is 5.75 Å². The van der Waals surface area contributed by atoms with Crippen LogP contribution in [0.1, 0.15) is 11.1 Å². The van der Waals surface area contributed by atoms with Crippen molar-refractivity contribution in [2.75, 3.05) is 20.2 Å². The van der Waals surface area contributed by atoms with E-state index in [1.165, 1.54) is 6.07 Å². The predicted molar refractivity (Wildman–Crippen MR) is 123 cm³/mol. The Morgan fingerprint density at radius 1 is 1.11 bits per heavy atom. The number of nitro groups is 1. The van der Waals surface area contributed by atoms with Crippen LogP contribution in [0.4, 0.5) is 23.2 Å². The predicted octanol–water partition coefficient (Wildman–Crippen LogP) is 5.94. The molecule has 0 fully saturated rings. The van der Waals surface area contributed by atoms with E-state index in [9.17, 15) is 32.8 Å². The highest BCUT2D eigenvalue weighted by atomic mass is 35.5. The molecule has 0 bridgehead atoms. The van der Waals surface area contributed by atoms with Gasteiger partial charge in [0.25, 0.3) is 5.69 Å². The van der Waals surface area contributed by atoms with Gasteiger partial charge in [-0.1, -0.05) is 35.9 Å². The van der Waals surface area contributed by atoms with Crippen LogP contribution >= 0.6 is 11.6 Å². The highest BCUT2D eigenvalue weighted by molar-refractivity contribution is 6.33. The summed E-state index contributed by atoms with van der Waals surface area (Å²) < 4.78 is 58.2. The maximum absolute atomic E-state index is 13.9. The molecule has 0 spiro atoms. The summed E-state index contributed by atoms with van der Waals surface area (Å²) in [5, 5.41) is 21.1. The third kappa shape index (κ3) is 7.14. The molecule has 0 aliphatic rings. The number of likely N-dealkylation sites (N-methyl/N-ethyl adjacent to an activating group) is 1. The van der Waals surface area contributed by atoms with Crippen LogP contribution in [0.2, 0.25) is 5.02 Å². The van der Waals surface area contributed by atoms with E-state index in [0.29, 0.717) is 12.1 Å². The van der Waals surface area contributed by atoms with Gasteiger partial charge >= 0.3 is 6.18 Å². The minimum absolute atomic E-state index is 0.176. The monoisotopic (exact) mass is 512 g/mol. The second kappa shape index (κ2) is 11.0. The van der Waals surface area contributed by atoms with E-state index in [1.54, 1.807) is 36.2 Å². The summed E-state index contributed by atoms with van der Waals surface area (Å²) in [5.74, 6) is -1.11. The van der Waals surface area contributed by atoms with Gasteiger partial charge in [0, 0.05) is 29.7 Å². The zero-order valence-electron chi connectivity index (χ0n) is 18.4. The molecule has 0 radical (unpaired) electrons. The molecule has 0 aromatic heterocycles. The number of halogens is 5. The lowest BCUT2D eigenvalue weighted by Gasteiger charge is -2.21. The van der Waals surface area contributed by atoms with Gasteiger partial charge in [-0.05, 0) is 42.4 Å². The molecule has 6 nitrogen and oxygen atoms in total. The van der Waals surface area contributed by atoms with E-state index < -0.39 is 34.3 Å². The van der Waals surface area contributed by atoms with Gasteiger partial charge in [-0.2, -0.15) is 13.2 Å². The van der Waals surface area contributed by atoms with Crippen molar-refractivity contribution in [1.82, 2.24) is 4.90 Å². The van der Waals surface area contributed by atoms with Crippen LogP contribution < -0.4 is 4.74 Å². The third-order valence-electron chi connectivity index (χ3n) is 5.09. The van der Waals surface area contributed by atoms with Crippen LogP contribution in [-0.4, -0.2) is 41.2 Å². The highest BCUT2D eigenvalue weighted by Crippen LogP contribution is 2.36. The van der Waals surface area contributed by atoms with E-state index in [0.717, 1.165) is 35.9 Å². The molecule has 0 saturated heterocycles. The molecule has 1 atom stereocenters. The molecule has 0 amide bonds. The van der Waals surface area contributed by atoms with Gasteiger partial charge < -0.3 is 9.84 Å². The van der Waals surface area contributed by atoms with Gasteiger partial charge in [-0.15, -0.1) is 0 Å². The number of nitrogens with zero attached hydrogens (tertiary/aromatic N) is 2. The van der Waals surface area contributed by atoms with Gasteiger partial charge in [0.15, 0.2) is 11.6 Å².